The van der Waals surface area contributed by atoms with E-state index in [1.54, 1.807) is 11.3 Å². The maximum absolute atomic E-state index is 6.19. The highest BCUT2D eigenvalue weighted by Crippen LogP contribution is 2.48. The van der Waals surface area contributed by atoms with Crippen LogP contribution in [0.15, 0.2) is 5.38 Å². The lowest BCUT2D eigenvalue weighted by atomic mass is 9.71. The van der Waals surface area contributed by atoms with E-state index in [1.807, 2.05) is 0 Å². The summed E-state index contributed by atoms with van der Waals surface area (Å²) < 4.78 is 6.19. The van der Waals surface area contributed by atoms with Gasteiger partial charge in [-0.3, -0.25) is 0 Å². The Hall–Kier alpha value is -0.410. The summed E-state index contributed by atoms with van der Waals surface area (Å²) in [6.45, 7) is 9.83. The molecule has 1 heterocycles. The molecule has 0 aromatic carbocycles. The quantitative estimate of drug-likeness (QED) is 0.763. The molecule has 1 aliphatic rings. The molecule has 0 bridgehead atoms. The van der Waals surface area contributed by atoms with Crippen LogP contribution in [0.25, 0.3) is 0 Å². The third-order valence-electron chi connectivity index (χ3n) is 4.28. The van der Waals surface area contributed by atoms with Crippen molar-refractivity contribution in [3.05, 3.63) is 16.1 Å². The van der Waals surface area contributed by atoms with Crippen molar-refractivity contribution in [3.63, 3.8) is 0 Å². The molecule has 1 aromatic heterocycles. The van der Waals surface area contributed by atoms with E-state index in [4.69, 9.17) is 9.72 Å². The zero-order valence-electron chi connectivity index (χ0n) is 12.8. The van der Waals surface area contributed by atoms with Crippen molar-refractivity contribution >= 4 is 11.3 Å². The van der Waals surface area contributed by atoms with E-state index in [1.165, 1.54) is 23.5 Å². The first-order chi connectivity index (χ1) is 9.01. The average molecular weight is 281 g/mol. The zero-order chi connectivity index (χ0) is 13.9. The summed E-state index contributed by atoms with van der Waals surface area (Å²) in [5, 5.41) is 3.44. The fourth-order valence-electron chi connectivity index (χ4n) is 2.91. The van der Waals surface area contributed by atoms with Crippen molar-refractivity contribution in [1.29, 1.82) is 0 Å². The molecule has 1 aromatic rings. The SMILES string of the molecule is CCCc1csc(C2(OCC)CCC(C)(C)CC2)n1. The molecule has 0 amide bonds. The number of ether oxygens (including phenoxy) is 1. The Morgan fingerprint density at radius 3 is 2.47 bits per heavy atom. The molecule has 1 saturated carbocycles. The number of rotatable bonds is 5. The van der Waals surface area contributed by atoms with Crippen molar-refractivity contribution < 1.29 is 4.74 Å². The first-order valence-electron chi connectivity index (χ1n) is 7.60. The van der Waals surface area contributed by atoms with E-state index in [0.29, 0.717) is 5.41 Å². The first-order valence-corrected chi connectivity index (χ1v) is 8.48. The van der Waals surface area contributed by atoms with Crippen molar-refractivity contribution in [2.45, 2.75) is 71.8 Å². The van der Waals surface area contributed by atoms with Crippen molar-refractivity contribution in [1.82, 2.24) is 4.98 Å². The van der Waals surface area contributed by atoms with Crippen LogP contribution in [0.3, 0.4) is 0 Å². The van der Waals surface area contributed by atoms with E-state index >= 15 is 0 Å². The van der Waals surface area contributed by atoms with Crippen LogP contribution in [-0.2, 0) is 16.8 Å². The fourth-order valence-corrected chi connectivity index (χ4v) is 3.98. The van der Waals surface area contributed by atoms with Gasteiger partial charge in [-0.05, 0) is 44.4 Å². The molecule has 1 aliphatic carbocycles. The molecule has 108 valence electrons. The van der Waals surface area contributed by atoms with E-state index in [0.717, 1.165) is 32.3 Å². The molecule has 0 atom stereocenters. The molecule has 0 saturated heterocycles. The van der Waals surface area contributed by atoms with E-state index in [2.05, 4.69) is 33.1 Å². The third-order valence-corrected chi connectivity index (χ3v) is 5.36. The Bertz CT molecular complexity index is 401. The van der Waals surface area contributed by atoms with Crippen LogP contribution in [0.4, 0.5) is 0 Å². The summed E-state index contributed by atoms with van der Waals surface area (Å²) >= 11 is 1.80. The van der Waals surface area contributed by atoms with Gasteiger partial charge < -0.3 is 4.74 Å². The highest BCUT2D eigenvalue weighted by Gasteiger charge is 2.42. The molecule has 0 aliphatic heterocycles. The van der Waals surface area contributed by atoms with Gasteiger partial charge in [-0.25, -0.2) is 4.98 Å². The maximum atomic E-state index is 6.19. The van der Waals surface area contributed by atoms with E-state index in [9.17, 15) is 0 Å². The van der Waals surface area contributed by atoms with Gasteiger partial charge >= 0.3 is 0 Å². The molecule has 0 N–H and O–H groups in total. The Labute approximate surface area is 121 Å². The van der Waals surface area contributed by atoms with Gasteiger partial charge in [0.05, 0.1) is 5.69 Å². The normalized spacial score (nSPS) is 21.5. The minimum absolute atomic E-state index is 0.0963. The molecule has 1 fully saturated rings. The van der Waals surface area contributed by atoms with Gasteiger partial charge in [0.2, 0.25) is 0 Å². The smallest absolute Gasteiger partial charge is 0.125 e. The topological polar surface area (TPSA) is 22.1 Å². The molecule has 0 radical (unpaired) electrons. The average Bonchev–Trinajstić information content (AvgIpc) is 2.82. The summed E-state index contributed by atoms with van der Waals surface area (Å²) in [5.41, 5.74) is 1.61. The van der Waals surface area contributed by atoms with Gasteiger partial charge in [0.1, 0.15) is 10.6 Å². The molecule has 2 nitrogen and oxygen atoms in total. The van der Waals surface area contributed by atoms with Crippen LogP contribution in [0.2, 0.25) is 0 Å². The van der Waals surface area contributed by atoms with Crippen LogP contribution in [-0.4, -0.2) is 11.6 Å². The predicted octanol–water partition coefficient (Wildman–Crippen LogP) is 4.93. The van der Waals surface area contributed by atoms with Crippen LogP contribution in [0.1, 0.15) is 70.5 Å². The zero-order valence-corrected chi connectivity index (χ0v) is 13.6. The van der Waals surface area contributed by atoms with Gasteiger partial charge in [0.25, 0.3) is 0 Å². The Balaban J connectivity index is 2.19. The number of thiazole rings is 1. The van der Waals surface area contributed by atoms with Gasteiger partial charge in [-0.15, -0.1) is 11.3 Å². The van der Waals surface area contributed by atoms with Crippen LogP contribution < -0.4 is 0 Å². The lowest BCUT2D eigenvalue weighted by molar-refractivity contribution is -0.0891. The van der Waals surface area contributed by atoms with Gasteiger partial charge in [0.15, 0.2) is 0 Å². The first kappa shape index (κ1) is 15.0. The van der Waals surface area contributed by atoms with Crippen LogP contribution in [0, 0.1) is 5.41 Å². The minimum atomic E-state index is -0.0963. The monoisotopic (exact) mass is 281 g/mol. The lowest BCUT2D eigenvalue weighted by Gasteiger charge is -2.42. The fraction of sp³-hybridized carbons (Fsp3) is 0.812. The second-order valence-electron chi connectivity index (χ2n) is 6.49. The predicted molar refractivity (Wildman–Crippen MR) is 81.7 cm³/mol. The standard InChI is InChI=1S/C16H27NOS/c1-5-7-13-12-19-14(17-13)16(18-6-2)10-8-15(3,4)9-11-16/h12H,5-11H2,1-4H3. The third kappa shape index (κ3) is 3.38. The largest absolute Gasteiger partial charge is 0.368 e. The van der Waals surface area contributed by atoms with E-state index < -0.39 is 0 Å². The van der Waals surface area contributed by atoms with E-state index in [-0.39, 0.29) is 5.60 Å². The Kier molecular flexibility index (Phi) is 4.67. The van der Waals surface area contributed by atoms with Gasteiger partial charge in [-0.1, -0.05) is 27.2 Å². The highest BCUT2D eigenvalue weighted by molar-refractivity contribution is 7.09. The molecular weight excluding hydrogens is 254 g/mol. The summed E-state index contributed by atoms with van der Waals surface area (Å²) in [6, 6.07) is 0. The van der Waals surface area contributed by atoms with Crippen molar-refractivity contribution in [3.8, 4) is 0 Å². The highest BCUT2D eigenvalue weighted by atomic mass is 32.1. The molecule has 0 spiro atoms. The number of nitrogens with zero attached hydrogens (tertiary/aromatic N) is 1. The molecule has 3 heteroatoms. The second-order valence-corrected chi connectivity index (χ2v) is 7.34. The number of aryl methyl sites for hydroxylation is 1. The Morgan fingerprint density at radius 2 is 1.89 bits per heavy atom. The maximum Gasteiger partial charge on any atom is 0.125 e. The molecule has 19 heavy (non-hydrogen) atoms. The van der Waals surface area contributed by atoms with Crippen LogP contribution in [0.5, 0.6) is 0 Å². The number of hydrogen-bond donors (Lipinski definition) is 0. The van der Waals surface area contributed by atoms with Gasteiger partial charge in [0, 0.05) is 12.0 Å². The minimum Gasteiger partial charge on any atom is -0.368 e. The Morgan fingerprint density at radius 1 is 1.21 bits per heavy atom. The second kappa shape index (κ2) is 5.92. The van der Waals surface area contributed by atoms with Crippen molar-refractivity contribution in [2.24, 2.45) is 5.41 Å². The summed E-state index contributed by atoms with van der Waals surface area (Å²) in [4.78, 5) is 4.86. The van der Waals surface area contributed by atoms with Crippen LogP contribution >= 0.6 is 11.3 Å². The molecular formula is C16H27NOS. The summed E-state index contributed by atoms with van der Waals surface area (Å²) in [6.07, 6.45) is 6.95. The number of hydrogen-bond acceptors (Lipinski definition) is 3. The lowest BCUT2D eigenvalue weighted by Crippen LogP contribution is -2.37. The van der Waals surface area contributed by atoms with Crippen molar-refractivity contribution in [2.75, 3.05) is 6.61 Å². The summed E-state index contributed by atoms with van der Waals surface area (Å²) in [5.74, 6) is 0. The molecule has 0 unspecified atom stereocenters. The number of aromatic nitrogens is 1. The molecule has 2 rings (SSSR count). The van der Waals surface area contributed by atoms with Gasteiger partial charge in [-0.2, -0.15) is 0 Å². The summed E-state index contributed by atoms with van der Waals surface area (Å²) in [7, 11) is 0.